The van der Waals surface area contributed by atoms with E-state index in [9.17, 15) is 4.79 Å². The van der Waals surface area contributed by atoms with E-state index in [1.165, 1.54) is 11.5 Å². The maximum Gasteiger partial charge on any atom is 0.221 e. The number of rotatable bonds is 6. The molecule has 2 N–H and O–H groups in total. The second-order valence-electron chi connectivity index (χ2n) is 2.78. The first-order valence-electron chi connectivity index (χ1n) is 4.56. The molecule has 0 unspecified atom stereocenters. The maximum absolute atomic E-state index is 11.0. The fourth-order valence-electron chi connectivity index (χ4n) is 0.965. The summed E-state index contributed by atoms with van der Waals surface area (Å²) in [4.78, 5) is 11.0. The Balaban J connectivity index is 2.02. The zero-order valence-corrected chi connectivity index (χ0v) is 8.93. The predicted molar refractivity (Wildman–Crippen MR) is 54.9 cm³/mol. The van der Waals surface area contributed by atoms with Crippen molar-refractivity contribution in [1.82, 2.24) is 20.2 Å². The van der Waals surface area contributed by atoms with Crippen molar-refractivity contribution in [2.75, 3.05) is 13.1 Å². The number of amides is 1. The minimum Gasteiger partial charge on any atom is -0.356 e. The molecule has 14 heavy (non-hydrogen) atoms. The molecule has 0 bridgehead atoms. The number of carbonyl (C=O) groups is 1. The highest BCUT2D eigenvalue weighted by atomic mass is 32.1. The molecule has 0 aliphatic heterocycles. The summed E-state index contributed by atoms with van der Waals surface area (Å²) in [5.41, 5.74) is 0.922. The van der Waals surface area contributed by atoms with Crippen LogP contribution < -0.4 is 10.6 Å². The van der Waals surface area contributed by atoms with Gasteiger partial charge in [0.05, 0.1) is 5.69 Å². The molecule has 1 rings (SSSR count). The van der Waals surface area contributed by atoms with Gasteiger partial charge in [0.25, 0.3) is 0 Å². The van der Waals surface area contributed by atoms with Gasteiger partial charge in [-0.15, -0.1) is 5.10 Å². The molecule has 6 heteroatoms. The molecule has 1 heterocycles. The first-order chi connectivity index (χ1) is 6.83. The Morgan fingerprint density at radius 3 is 3.14 bits per heavy atom. The van der Waals surface area contributed by atoms with Crippen LogP contribution in [0.2, 0.25) is 0 Å². The first-order valence-corrected chi connectivity index (χ1v) is 5.40. The third kappa shape index (κ3) is 4.29. The van der Waals surface area contributed by atoms with E-state index in [2.05, 4.69) is 20.2 Å². The molecule has 0 saturated carbocycles. The monoisotopic (exact) mass is 214 g/mol. The Morgan fingerprint density at radius 1 is 1.64 bits per heavy atom. The zero-order chi connectivity index (χ0) is 10.2. The van der Waals surface area contributed by atoms with Crippen molar-refractivity contribution in [2.45, 2.75) is 19.9 Å². The van der Waals surface area contributed by atoms with E-state index in [-0.39, 0.29) is 5.91 Å². The lowest BCUT2D eigenvalue weighted by Crippen LogP contribution is -2.27. The van der Waals surface area contributed by atoms with E-state index in [4.69, 9.17) is 0 Å². The van der Waals surface area contributed by atoms with Gasteiger partial charge in [-0.3, -0.25) is 4.79 Å². The average Bonchev–Trinajstić information content (AvgIpc) is 2.65. The van der Waals surface area contributed by atoms with Crippen molar-refractivity contribution in [2.24, 2.45) is 0 Å². The Kier molecular flexibility index (Phi) is 5.09. The molecule has 0 fully saturated rings. The van der Waals surface area contributed by atoms with Crippen molar-refractivity contribution < 1.29 is 4.79 Å². The summed E-state index contributed by atoms with van der Waals surface area (Å²) < 4.78 is 3.74. The Morgan fingerprint density at radius 2 is 2.50 bits per heavy atom. The van der Waals surface area contributed by atoms with Crippen molar-refractivity contribution >= 4 is 17.4 Å². The Labute approximate surface area is 87.1 Å². The van der Waals surface area contributed by atoms with Gasteiger partial charge < -0.3 is 10.6 Å². The molecular formula is C8H14N4OS. The predicted octanol–water partition coefficient (Wildman–Crippen LogP) is 0.154. The standard InChI is InChI=1S/C8H14N4OS/c1-2-10-8(13)3-4-9-5-7-6-14-12-11-7/h6,9H,2-5H2,1H3,(H,10,13). The summed E-state index contributed by atoms with van der Waals surface area (Å²) in [6.45, 7) is 3.94. The summed E-state index contributed by atoms with van der Waals surface area (Å²) in [5, 5.41) is 11.6. The highest BCUT2D eigenvalue weighted by molar-refractivity contribution is 7.03. The minimum atomic E-state index is 0.0800. The molecule has 1 aromatic heterocycles. The fraction of sp³-hybridized carbons (Fsp3) is 0.625. The molecule has 78 valence electrons. The number of hydrogen-bond donors (Lipinski definition) is 2. The van der Waals surface area contributed by atoms with E-state index in [0.29, 0.717) is 26.1 Å². The van der Waals surface area contributed by atoms with Gasteiger partial charge in [-0.1, -0.05) is 4.49 Å². The van der Waals surface area contributed by atoms with Crippen molar-refractivity contribution in [3.8, 4) is 0 Å². The maximum atomic E-state index is 11.0. The molecule has 0 radical (unpaired) electrons. The van der Waals surface area contributed by atoms with Gasteiger partial charge in [-0.2, -0.15) is 0 Å². The molecule has 1 aromatic rings. The number of carbonyl (C=O) groups excluding carboxylic acids is 1. The lowest BCUT2D eigenvalue weighted by atomic mass is 10.4. The van der Waals surface area contributed by atoms with E-state index >= 15 is 0 Å². The van der Waals surface area contributed by atoms with Crippen LogP contribution in [0.1, 0.15) is 19.0 Å². The molecule has 0 atom stereocenters. The van der Waals surface area contributed by atoms with Gasteiger partial charge in [0.15, 0.2) is 0 Å². The summed E-state index contributed by atoms with van der Waals surface area (Å²) >= 11 is 1.33. The lowest BCUT2D eigenvalue weighted by molar-refractivity contribution is -0.120. The number of aromatic nitrogens is 2. The number of nitrogens with zero attached hydrogens (tertiary/aromatic N) is 2. The van der Waals surface area contributed by atoms with Gasteiger partial charge in [0.2, 0.25) is 5.91 Å². The topological polar surface area (TPSA) is 66.9 Å². The van der Waals surface area contributed by atoms with Crippen LogP contribution in [0, 0.1) is 0 Å². The highest BCUT2D eigenvalue weighted by Crippen LogP contribution is 1.95. The molecule has 0 aliphatic carbocycles. The zero-order valence-electron chi connectivity index (χ0n) is 8.12. The van der Waals surface area contributed by atoms with Gasteiger partial charge >= 0.3 is 0 Å². The number of nitrogens with one attached hydrogen (secondary N) is 2. The molecular weight excluding hydrogens is 200 g/mol. The third-order valence-corrected chi connectivity index (χ3v) is 2.17. The van der Waals surface area contributed by atoms with Gasteiger partial charge in [0, 0.05) is 31.4 Å². The SMILES string of the molecule is CCNC(=O)CCNCc1csnn1. The molecule has 0 spiro atoms. The smallest absolute Gasteiger partial charge is 0.221 e. The normalized spacial score (nSPS) is 10.1. The first kappa shape index (κ1) is 11.1. The Hall–Kier alpha value is -1.01. The summed E-state index contributed by atoms with van der Waals surface area (Å²) in [5.74, 6) is 0.0800. The van der Waals surface area contributed by atoms with Crippen LogP contribution in [0.5, 0.6) is 0 Å². The highest BCUT2D eigenvalue weighted by Gasteiger charge is 1.99. The molecule has 0 aromatic carbocycles. The quantitative estimate of drug-likeness (QED) is 0.662. The molecule has 1 amide bonds. The second kappa shape index (κ2) is 6.44. The van der Waals surface area contributed by atoms with E-state index in [1.807, 2.05) is 12.3 Å². The van der Waals surface area contributed by atoms with Crippen LogP contribution in [0.4, 0.5) is 0 Å². The third-order valence-electron chi connectivity index (χ3n) is 1.61. The summed E-state index contributed by atoms with van der Waals surface area (Å²) in [6, 6.07) is 0. The largest absolute Gasteiger partial charge is 0.356 e. The Bertz CT molecular complexity index is 262. The van der Waals surface area contributed by atoms with E-state index in [0.717, 1.165) is 5.69 Å². The van der Waals surface area contributed by atoms with Crippen molar-refractivity contribution in [3.05, 3.63) is 11.1 Å². The van der Waals surface area contributed by atoms with Gasteiger partial charge in [0.1, 0.15) is 0 Å². The van der Waals surface area contributed by atoms with E-state index < -0.39 is 0 Å². The second-order valence-corrected chi connectivity index (χ2v) is 3.39. The molecule has 5 nitrogen and oxygen atoms in total. The lowest BCUT2D eigenvalue weighted by Gasteiger charge is -2.02. The van der Waals surface area contributed by atoms with Crippen LogP contribution in [0.3, 0.4) is 0 Å². The van der Waals surface area contributed by atoms with Crippen LogP contribution in [0.15, 0.2) is 5.38 Å². The molecule has 0 aliphatic rings. The van der Waals surface area contributed by atoms with Crippen LogP contribution in [0.25, 0.3) is 0 Å². The van der Waals surface area contributed by atoms with Gasteiger partial charge in [-0.25, -0.2) is 0 Å². The fourth-order valence-corrected chi connectivity index (χ4v) is 1.42. The average molecular weight is 214 g/mol. The van der Waals surface area contributed by atoms with Crippen LogP contribution >= 0.6 is 11.5 Å². The van der Waals surface area contributed by atoms with Gasteiger partial charge in [-0.05, 0) is 18.5 Å². The van der Waals surface area contributed by atoms with Crippen LogP contribution in [-0.2, 0) is 11.3 Å². The van der Waals surface area contributed by atoms with Crippen molar-refractivity contribution in [3.63, 3.8) is 0 Å². The number of hydrogen-bond acceptors (Lipinski definition) is 5. The minimum absolute atomic E-state index is 0.0800. The van der Waals surface area contributed by atoms with Crippen molar-refractivity contribution in [1.29, 1.82) is 0 Å². The molecule has 0 saturated heterocycles. The summed E-state index contributed by atoms with van der Waals surface area (Å²) in [7, 11) is 0. The summed E-state index contributed by atoms with van der Waals surface area (Å²) in [6.07, 6.45) is 0.505. The van der Waals surface area contributed by atoms with Crippen LogP contribution in [-0.4, -0.2) is 28.6 Å². The van der Waals surface area contributed by atoms with E-state index in [1.54, 1.807) is 0 Å².